The molecule has 13 heavy (non-hydrogen) atoms. The zero-order valence-corrected chi connectivity index (χ0v) is 8.84. The second-order valence-electron chi connectivity index (χ2n) is 5.73. The molecule has 0 amide bonds. The molecule has 0 heterocycles. The first-order valence-electron chi connectivity index (χ1n) is 5.88. The Kier molecular flexibility index (Phi) is 1.38. The average Bonchev–Trinajstić information content (AvgIpc) is 2.41. The van der Waals surface area contributed by atoms with Gasteiger partial charge < -0.3 is 0 Å². The molecule has 4 atom stereocenters. The van der Waals surface area contributed by atoms with Gasteiger partial charge in [0, 0.05) is 0 Å². The fourth-order valence-corrected chi connectivity index (χ4v) is 4.49. The molecule has 0 aromatic carbocycles. The van der Waals surface area contributed by atoms with E-state index in [9.17, 15) is 0 Å². The van der Waals surface area contributed by atoms with Gasteiger partial charge in [0.15, 0.2) is 0 Å². The van der Waals surface area contributed by atoms with E-state index in [1.165, 1.54) is 32.1 Å². The average molecular weight is 176 g/mol. The van der Waals surface area contributed by atoms with Crippen LogP contribution in [0.1, 0.15) is 46.0 Å². The van der Waals surface area contributed by atoms with Gasteiger partial charge in [0.1, 0.15) is 0 Å². The molecular formula is C13H20. The summed E-state index contributed by atoms with van der Waals surface area (Å²) < 4.78 is 0. The third kappa shape index (κ3) is 0.705. The van der Waals surface area contributed by atoms with Crippen molar-refractivity contribution in [2.75, 3.05) is 0 Å². The largest absolute Gasteiger partial charge is 0.0845 e. The lowest BCUT2D eigenvalue weighted by Gasteiger charge is -2.61. The summed E-state index contributed by atoms with van der Waals surface area (Å²) in [7, 11) is 0. The SMILES string of the molecule is CC1C=CC2(C)C3CCCCC12C3. The Morgan fingerprint density at radius 2 is 2.15 bits per heavy atom. The van der Waals surface area contributed by atoms with Crippen molar-refractivity contribution >= 4 is 0 Å². The van der Waals surface area contributed by atoms with Crippen LogP contribution < -0.4 is 0 Å². The molecule has 0 spiro atoms. The lowest BCUT2D eigenvalue weighted by molar-refractivity contribution is -0.104. The Morgan fingerprint density at radius 1 is 1.31 bits per heavy atom. The molecule has 2 fully saturated rings. The van der Waals surface area contributed by atoms with E-state index in [1.54, 1.807) is 0 Å². The first kappa shape index (κ1) is 8.08. The van der Waals surface area contributed by atoms with E-state index in [0.29, 0.717) is 10.8 Å². The molecule has 0 radical (unpaired) electrons. The highest BCUT2D eigenvalue weighted by Crippen LogP contribution is 2.72. The monoisotopic (exact) mass is 176 g/mol. The summed E-state index contributed by atoms with van der Waals surface area (Å²) in [5, 5.41) is 0. The van der Waals surface area contributed by atoms with Crippen molar-refractivity contribution in [3.63, 3.8) is 0 Å². The smallest absolute Gasteiger partial charge is 0.00560 e. The molecule has 72 valence electrons. The summed E-state index contributed by atoms with van der Waals surface area (Å²) in [4.78, 5) is 0. The maximum absolute atomic E-state index is 2.55. The van der Waals surface area contributed by atoms with Crippen LogP contribution in [0, 0.1) is 22.7 Å². The summed E-state index contributed by atoms with van der Waals surface area (Å²) in [6, 6.07) is 0. The van der Waals surface area contributed by atoms with E-state index in [0.717, 1.165) is 11.8 Å². The highest BCUT2D eigenvalue weighted by atomic mass is 14.7. The molecule has 0 nitrogen and oxygen atoms in total. The predicted octanol–water partition coefficient (Wildman–Crippen LogP) is 3.78. The van der Waals surface area contributed by atoms with E-state index in [1.807, 2.05) is 0 Å². The Bertz CT molecular complexity index is 261. The zero-order valence-electron chi connectivity index (χ0n) is 8.84. The fourth-order valence-electron chi connectivity index (χ4n) is 4.49. The maximum Gasteiger partial charge on any atom is -0.00560 e. The minimum Gasteiger partial charge on any atom is -0.0845 e. The minimum absolute atomic E-state index is 0.600. The Balaban J connectivity index is 2.04. The molecule has 0 heteroatoms. The molecule has 2 bridgehead atoms. The number of allylic oxidation sites excluding steroid dienone is 2. The van der Waals surface area contributed by atoms with Crippen LogP contribution >= 0.6 is 0 Å². The second-order valence-corrected chi connectivity index (χ2v) is 5.73. The Hall–Kier alpha value is -0.260. The summed E-state index contributed by atoms with van der Waals surface area (Å²) in [6.07, 6.45) is 12.5. The molecule has 2 saturated carbocycles. The second kappa shape index (κ2) is 2.21. The van der Waals surface area contributed by atoms with Gasteiger partial charge in [-0.05, 0) is 41.9 Å². The topological polar surface area (TPSA) is 0 Å². The van der Waals surface area contributed by atoms with E-state index in [-0.39, 0.29) is 0 Å². The molecule has 0 N–H and O–H groups in total. The Labute approximate surface area is 81.4 Å². The summed E-state index contributed by atoms with van der Waals surface area (Å²) in [5.41, 5.74) is 1.30. The van der Waals surface area contributed by atoms with E-state index in [4.69, 9.17) is 0 Å². The van der Waals surface area contributed by atoms with Crippen molar-refractivity contribution in [3.05, 3.63) is 12.2 Å². The maximum atomic E-state index is 2.55. The van der Waals surface area contributed by atoms with E-state index < -0.39 is 0 Å². The number of hydrogen-bond donors (Lipinski definition) is 0. The first-order valence-corrected chi connectivity index (χ1v) is 5.88. The van der Waals surface area contributed by atoms with Gasteiger partial charge in [-0.15, -0.1) is 0 Å². The van der Waals surface area contributed by atoms with Gasteiger partial charge in [-0.1, -0.05) is 38.8 Å². The van der Waals surface area contributed by atoms with Crippen LogP contribution in [0.25, 0.3) is 0 Å². The van der Waals surface area contributed by atoms with Gasteiger partial charge in [0.25, 0.3) is 0 Å². The fraction of sp³-hybridized carbons (Fsp3) is 0.846. The predicted molar refractivity (Wildman–Crippen MR) is 55.4 cm³/mol. The van der Waals surface area contributed by atoms with Crippen LogP contribution in [0.2, 0.25) is 0 Å². The van der Waals surface area contributed by atoms with Crippen LogP contribution in [0.4, 0.5) is 0 Å². The van der Waals surface area contributed by atoms with Gasteiger partial charge in [0.2, 0.25) is 0 Å². The molecule has 3 rings (SSSR count). The van der Waals surface area contributed by atoms with Crippen LogP contribution in [-0.4, -0.2) is 0 Å². The van der Waals surface area contributed by atoms with E-state index in [2.05, 4.69) is 26.0 Å². The number of hydrogen-bond acceptors (Lipinski definition) is 0. The zero-order chi connectivity index (χ0) is 9.10. The standard InChI is InChI=1S/C13H20/c1-10-6-8-12(2)11-5-3-4-7-13(10,12)9-11/h6,8,10-11H,3-5,7,9H2,1-2H3. The van der Waals surface area contributed by atoms with Gasteiger partial charge >= 0.3 is 0 Å². The van der Waals surface area contributed by atoms with Crippen molar-refractivity contribution in [1.82, 2.24) is 0 Å². The van der Waals surface area contributed by atoms with Crippen molar-refractivity contribution in [3.8, 4) is 0 Å². The summed E-state index contributed by atoms with van der Waals surface area (Å²) in [5.74, 6) is 1.88. The Morgan fingerprint density at radius 3 is 3.00 bits per heavy atom. The molecule has 0 aliphatic heterocycles. The molecule has 3 aliphatic rings. The summed E-state index contributed by atoms with van der Waals surface area (Å²) in [6.45, 7) is 4.95. The van der Waals surface area contributed by atoms with Gasteiger partial charge in [-0.2, -0.15) is 0 Å². The van der Waals surface area contributed by atoms with Crippen molar-refractivity contribution < 1.29 is 0 Å². The van der Waals surface area contributed by atoms with Gasteiger partial charge in [-0.3, -0.25) is 0 Å². The molecular weight excluding hydrogens is 156 g/mol. The molecule has 4 unspecified atom stereocenters. The lowest BCUT2D eigenvalue weighted by Crippen LogP contribution is -2.54. The normalized spacial score (nSPS) is 58.3. The van der Waals surface area contributed by atoms with Crippen molar-refractivity contribution in [2.45, 2.75) is 46.0 Å². The highest BCUT2D eigenvalue weighted by molar-refractivity contribution is 5.28. The molecule has 0 aromatic heterocycles. The lowest BCUT2D eigenvalue weighted by atomic mass is 9.43. The van der Waals surface area contributed by atoms with Crippen LogP contribution in [-0.2, 0) is 0 Å². The third-order valence-corrected chi connectivity index (χ3v) is 5.56. The third-order valence-electron chi connectivity index (χ3n) is 5.56. The quantitative estimate of drug-likeness (QED) is 0.493. The van der Waals surface area contributed by atoms with Crippen LogP contribution in [0.15, 0.2) is 12.2 Å². The highest BCUT2D eigenvalue weighted by Gasteiger charge is 2.64. The van der Waals surface area contributed by atoms with Crippen LogP contribution in [0.5, 0.6) is 0 Å². The molecule has 3 aliphatic carbocycles. The summed E-state index contributed by atoms with van der Waals surface area (Å²) >= 11 is 0. The van der Waals surface area contributed by atoms with Gasteiger partial charge in [-0.25, -0.2) is 0 Å². The molecule has 0 saturated heterocycles. The molecule has 0 aromatic rings. The van der Waals surface area contributed by atoms with Crippen molar-refractivity contribution in [2.24, 2.45) is 22.7 Å². The van der Waals surface area contributed by atoms with Crippen LogP contribution in [0.3, 0.4) is 0 Å². The van der Waals surface area contributed by atoms with E-state index >= 15 is 0 Å². The van der Waals surface area contributed by atoms with Gasteiger partial charge in [0.05, 0.1) is 0 Å². The van der Waals surface area contributed by atoms with Crippen molar-refractivity contribution in [1.29, 1.82) is 0 Å². The minimum atomic E-state index is 0.600. The first-order chi connectivity index (χ1) is 6.19. The number of rotatable bonds is 0.